The predicted molar refractivity (Wildman–Crippen MR) is 81.1 cm³/mol. The molecule has 0 aliphatic heterocycles. The van der Waals surface area contributed by atoms with Crippen LogP contribution in [0.15, 0.2) is 18.3 Å². The van der Waals surface area contributed by atoms with Crippen molar-refractivity contribution in [2.75, 3.05) is 5.73 Å². The standard InChI is InChI=1S/C13H15IN4/c1-3-4-9-11(14)12(15)18-13(17-9)10-7-8(2)5-6-16-10/h5-7H,3-4H2,1-2H3,(H2,15,17,18). The molecule has 2 N–H and O–H groups in total. The van der Waals surface area contributed by atoms with Crippen molar-refractivity contribution in [1.82, 2.24) is 15.0 Å². The molecule has 2 rings (SSSR count). The zero-order chi connectivity index (χ0) is 13.1. The summed E-state index contributed by atoms with van der Waals surface area (Å²) in [6.45, 7) is 4.15. The Balaban J connectivity index is 2.51. The van der Waals surface area contributed by atoms with Gasteiger partial charge in [-0.15, -0.1) is 0 Å². The maximum absolute atomic E-state index is 5.94. The molecule has 2 aromatic heterocycles. The number of anilines is 1. The number of halogens is 1. The van der Waals surface area contributed by atoms with Crippen molar-refractivity contribution in [3.8, 4) is 11.5 Å². The van der Waals surface area contributed by atoms with Crippen molar-refractivity contribution in [2.24, 2.45) is 0 Å². The van der Waals surface area contributed by atoms with Crippen LogP contribution in [0.25, 0.3) is 11.5 Å². The summed E-state index contributed by atoms with van der Waals surface area (Å²) in [7, 11) is 0. The zero-order valence-corrected chi connectivity index (χ0v) is 12.6. The van der Waals surface area contributed by atoms with Gasteiger partial charge in [-0.1, -0.05) is 13.3 Å². The topological polar surface area (TPSA) is 64.7 Å². The molecule has 0 spiro atoms. The smallest absolute Gasteiger partial charge is 0.180 e. The van der Waals surface area contributed by atoms with E-state index in [4.69, 9.17) is 5.73 Å². The molecule has 0 amide bonds. The number of aryl methyl sites for hydroxylation is 2. The largest absolute Gasteiger partial charge is 0.383 e. The summed E-state index contributed by atoms with van der Waals surface area (Å²) in [6, 6.07) is 3.92. The molecule has 0 aliphatic carbocycles. The maximum Gasteiger partial charge on any atom is 0.180 e. The van der Waals surface area contributed by atoms with E-state index in [1.165, 1.54) is 0 Å². The first kappa shape index (κ1) is 13.2. The molecule has 0 saturated heterocycles. The van der Waals surface area contributed by atoms with Gasteiger partial charge in [-0.05, 0) is 53.6 Å². The number of pyridine rings is 1. The lowest BCUT2D eigenvalue weighted by Gasteiger charge is -2.08. The van der Waals surface area contributed by atoms with E-state index in [-0.39, 0.29) is 0 Å². The van der Waals surface area contributed by atoms with E-state index in [1.807, 2.05) is 19.1 Å². The molecule has 0 radical (unpaired) electrons. The summed E-state index contributed by atoms with van der Waals surface area (Å²) in [5.74, 6) is 1.15. The highest BCUT2D eigenvalue weighted by molar-refractivity contribution is 14.1. The van der Waals surface area contributed by atoms with E-state index in [9.17, 15) is 0 Å². The van der Waals surface area contributed by atoms with Gasteiger partial charge < -0.3 is 5.73 Å². The molecular weight excluding hydrogens is 339 g/mol. The second-order valence-corrected chi connectivity index (χ2v) is 5.24. The molecule has 4 nitrogen and oxygen atoms in total. The molecule has 0 saturated carbocycles. The molecule has 0 atom stereocenters. The fourth-order valence-electron chi connectivity index (χ4n) is 1.69. The highest BCUT2D eigenvalue weighted by atomic mass is 127. The van der Waals surface area contributed by atoms with Crippen LogP contribution in [0.5, 0.6) is 0 Å². The Hall–Kier alpha value is -1.24. The van der Waals surface area contributed by atoms with Crippen molar-refractivity contribution in [3.05, 3.63) is 33.2 Å². The maximum atomic E-state index is 5.94. The van der Waals surface area contributed by atoms with Crippen LogP contribution < -0.4 is 5.73 Å². The van der Waals surface area contributed by atoms with E-state index < -0.39 is 0 Å². The number of rotatable bonds is 3. The van der Waals surface area contributed by atoms with E-state index in [1.54, 1.807) is 6.20 Å². The first-order valence-electron chi connectivity index (χ1n) is 5.86. The average molecular weight is 354 g/mol. The Morgan fingerprint density at radius 1 is 1.33 bits per heavy atom. The second kappa shape index (κ2) is 5.60. The van der Waals surface area contributed by atoms with Gasteiger partial charge in [0.1, 0.15) is 11.5 Å². The quantitative estimate of drug-likeness (QED) is 0.861. The lowest BCUT2D eigenvalue weighted by atomic mass is 10.2. The third-order valence-electron chi connectivity index (χ3n) is 2.58. The minimum absolute atomic E-state index is 0.535. The van der Waals surface area contributed by atoms with Crippen LogP contribution in [0.4, 0.5) is 5.82 Å². The van der Waals surface area contributed by atoms with Gasteiger partial charge in [0.05, 0.1) is 9.26 Å². The van der Waals surface area contributed by atoms with Crippen molar-refractivity contribution < 1.29 is 0 Å². The highest BCUT2D eigenvalue weighted by Gasteiger charge is 2.11. The Bertz CT molecular complexity index is 569. The van der Waals surface area contributed by atoms with Crippen LogP contribution in [0.2, 0.25) is 0 Å². The first-order valence-corrected chi connectivity index (χ1v) is 6.94. The average Bonchev–Trinajstić information content (AvgIpc) is 2.35. The zero-order valence-electron chi connectivity index (χ0n) is 10.4. The van der Waals surface area contributed by atoms with Crippen molar-refractivity contribution >= 4 is 28.4 Å². The van der Waals surface area contributed by atoms with Crippen LogP contribution in [0.1, 0.15) is 24.6 Å². The molecule has 2 heterocycles. The number of nitrogens with two attached hydrogens (primary N) is 1. The van der Waals surface area contributed by atoms with Crippen molar-refractivity contribution in [1.29, 1.82) is 0 Å². The summed E-state index contributed by atoms with van der Waals surface area (Å²) in [4.78, 5) is 13.2. The highest BCUT2D eigenvalue weighted by Crippen LogP contribution is 2.22. The van der Waals surface area contributed by atoms with Crippen LogP contribution in [-0.4, -0.2) is 15.0 Å². The van der Waals surface area contributed by atoms with Gasteiger partial charge >= 0.3 is 0 Å². The molecule has 0 fully saturated rings. The third kappa shape index (κ3) is 2.77. The molecular formula is C13H15IN4. The Morgan fingerprint density at radius 2 is 2.11 bits per heavy atom. The summed E-state index contributed by atoms with van der Waals surface area (Å²) >= 11 is 2.20. The van der Waals surface area contributed by atoms with E-state index in [0.717, 1.165) is 33.4 Å². The van der Waals surface area contributed by atoms with Gasteiger partial charge in [0.25, 0.3) is 0 Å². The Morgan fingerprint density at radius 3 is 2.78 bits per heavy atom. The van der Waals surface area contributed by atoms with Gasteiger partial charge in [-0.25, -0.2) is 9.97 Å². The van der Waals surface area contributed by atoms with E-state index in [2.05, 4.69) is 44.5 Å². The summed E-state index contributed by atoms with van der Waals surface area (Å²) < 4.78 is 0.950. The molecule has 0 aliphatic rings. The minimum Gasteiger partial charge on any atom is -0.383 e. The number of nitrogens with zero attached hydrogens (tertiary/aromatic N) is 3. The summed E-state index contributed by atoms with van der Waals surface area (Å²) in [5, 5.41) is 0. The monoisotopic (exact) mass is 354 g/mol. The molecule has 0 unspecified atom stereocenters. The lowest BCUT2D eigenvalue weighted by Crippen LogP contribution is -2.05. The molecule has 18 heavy (non-hydrogen) atoms. The van der Waals surface area contributed by atoms with Crippen LogP contribution in [0, 0.1) is 10.5 Å². The van der Waals surface area contributed by atoms with Gasteiger partial charge in [0, 0.05) is 6.20 Å². The second-order valence-electron chi connectivity index (χ2n) is 4.16. The summed E-state index contributed by atoms with van der Waals surface area (Å²) in [6.07, 6.45) is 3.71. The van der Waals surface area contributed by atoms with Gasteiger partial charge in [-0.3, -0.25) is 4.98 Å². The normalized spacial score (nSPS) is 10.6. The number of hydrogen-bond donors (Lipinski definition) is 1. The summed E-state index contributed by atoms with van der Waals surface area (Å²) in [5.41, 5.74) is 8.85. The lowest BCUT2D eigenvalue weighted by molar-refractivity contribution is 0.867. The Labute approximate surface area is 120 Å². The Kier molecular flexibility index (Phi) is 4.11. The number of hydrogen-bond acceptors (Lipinski definition) is 4. The number of aromatic nitrogens is 3. The van der Waals surface area contributed by atoms with E-state index in [0.29, 0.717) is 11.6 Å². The fraction of sp³-hybridized carbons (Fsp3) is 0.308. The van der Waals surface area contributed by atoms with Gasteiger partial charge in [0.15, 0.2) is 5.82 Å². The van der Waals surface area contributed by atoms with Crippen molar-refractivity contribution in [3.63, 3.8) is 0 Å². The molecule has 94 valence electrons. The van der Waals surface area contributed by atoms with Crippen molar-refractivity contribution in [2.45, 2.75) is 26.7 Å². The van der Waals surface area contributed by atoms with Crippen LogP contribution in [0.3, 0.4) is 0 Å². The molecule has 5 heteroatoms. The SMILES string of the molecule is CCCc1nc(-c2cc(C)ccn2)nc(N)c1I. The van der Waals surface area contributed by atoms with Gasteiger partial charge in [0.2, 0.25) is 0 Å². The molecule has 0 aromatic carbocycles. The third-order valence-corrected chi connectivity index (χ3v) is 3.75. The fourth-order valence-corrected chi connectivity index (χ4v) is 2.20. The first-order chi connectivity index (χ1) is 8.61. The van der Waals surface area contributed by atoms with Crippen LogP contribution >= 0.6 is 22.6 Å². The molecule has 2 aromatic rings. The predicted octanol–water partition coefficient (Wildman–Crippen LogP) is 2.99. The van der Waals surface area contributed by atoms with Gasteiger partial charge in [-0.2, -0.15) is 0 Å². The van der Waals surface area contributed by atoms with E-state index >= 15 is 0 Å². The number of nitrogen functional groups attached to an aromatic ring is 1. The minimum atomic E-state index is 0.535. The molecule has 0 bridgehead atoms. The van der Waals surface area contributed by atoms with Crippen LogP contribution in [-0.2, 0) is 6.42 Å².